The molecule has 3 rings (SSSR count). The van der Waals surface area contributed by atoms with Crippen LogP contribution in [-0.2, 0) is 4.74 Å². The maximum absolute atomic E-state index is 5.64. The normalized spacial score (nSPS) is 17.3. The predicted molar refractivity (Wildman–Crippen MR) is 93.4 cm³/mol. The van der Waals surface area contributed by atoms with Gasteiger partial charge >= 0.3 is 0 Å². The lowest BCUT2D eigenvalue weighted by Gasteiger charge is -2.14. The molecule has 5 nitrogen and oxygen atoms in total. The molecule has 0 bridgehead atoms. The van der Waals surface area contributed by atoms with Crippen molar-refractivity contribution in [1.29, 1.82) is 0 Å². The van der Waals surface area contributed by atoms with E-state index >= 15 is 0 Å². The topological polar surface area (TPSA) is 59.1 Å². The number of benzene rings is 1. The molecule has 1 aromatic heterocycles. The average molecular weight is 312 g/mol. The van der Waals surface area contributed by atoms with E-state index in [2.05, 4.69) is 52.6 Å². The Morgan fingerprint density at radius 3 is 2.70 bits per heavy atom. The van der Waals surface area contributed by atoms with Crippen molar-refractivity contribution in [2.75, 3.05) is 23.8 Å². The van der Waals surface area contributed by atoms with Crippen LogP contribution >= 0.6 is 0 Å². The molecule has 1 atom stereocenters. The van der Waals surface area contributed by atoms with Crippen LogP contribution in [0.1, 0.15) is 29.8 Å². The second-order valence-corrected chi connectivity index (χ2v) is 6.14. The summed E-state index contributed by atoms with van der Waals surface area (Å²) in [4.78, 5) is 8.93. The molecule has 1 aliphatic heterocycles. The van der Waals surface area contributed by atoms with Crippen LogP contribution in [0.15, 0.2) is 24.3 Å². The molecule has 2 aromatic rings. The van der Waals surface area contributed by atoms with Gasteiger partial charge in [-0.05, 0) is 45.2 Å². The highest BCUT2D eigenvalue weighted by Crippen LogP contribution is 2.22. The molecule has 0 saturated carbocycles. The van der Waals surface area contributed by atoms with Gasteiger partial charge in [0.1, 0.15) is 17.5 Å². The Hall–Kier alpha value is -2.14. The maximum Gasteiger partial charge on any atom is 0.136 e. The van der Waals surface area contributed by atoms with Gasteiger partial charge in [0.2, 0.25) is 0 Å². The third-order valence-electron chi connectivity index (χ3n) is 4.02. The number of aromatic nitrogens is 2. The van der Waals surface area contributed by atoms with E-state index in [0.29, 0.717) is 6.10 Å². The second-order valence-electron chi connectivity index (χ2n) is 6.14. The number of aryl methyl sites for hydroxylation is 3. The molecule has 0 spiro atoms. The van der Waals surface area contributed by atoms with Crippen LogP contribution in [0, 0.1) is 20.8 Å². The van der Waals surface area contributed by atoms with Gasteiger partial charge in [-0.1, -0.05) is 17.7 Å². The first-order valence-electron chi connectivity index (χ1n) is 8.15. The molecule has 1 fully saturated rings. The van der Waals surface area contributed by atoms with Gasteiger partial charge in [-0.15, -0.1) is 0 Å². The molecule has 2 N–H and O–H groups in total. The van der Waals surface area contributed by atoms with E-state index in [9.17, 15) is 0 Å². The Balaban J connectivity index is 1.71. The average Bonchev–Trinajstić information content (AvgIpc) is 3.01. The first-order valence-corrected chi connectivity index (χ1v) is 8.15. The quantitative estimate of drug-likeness (QED) is 0.881. The third kappa shape index (κ3) is 4.20. The predicted octanol–water partition coefficient (Wildman–Crippen LogP) is 3.74. The van der Waals surface area contributed by atoms with Crippen LogP contribution in [0.3, 0.4) is 0 Å². The lowest BCUT2D eigenvalue weighted by atomic mass is 10.1. The molecule has 5 heteroatoms. The molecule has 0 radical (unpaired) electrons. The number of ether oxygens (including phenoxy) is 1. The highest BCUT2D eigenvalue weighted by molar-refractivity contribution is 5.62. The van der Waals surface area contributed by atoms with Crippen molar-refractivity contribution in [2.24, 2.45) is 0 Å². The first-order chi connectivity index (χ1) is 11.1. The van der Waals surface area contributed by atoms with E-state index < -0.39 is 0 Å². The minimum absolute atomic E-state index is 0.293. The Morgan fingerprint density at radius 1 is 1.13 bits per heavy atom. The maximum atomic E-state index is 5.64. The second kappa shape index (κ2) is 6.96. The summed E-state index contributed by atoms with van der Waals surface area (Å²) in [5, 5.41) is 6.75. The van der Waals surface area contributed by atoms with E-state index in [-0.39, 0.29) is 0 Å². The Bertz CT molecular complexity index is 681. The van der Waals surface area contributed by atoms with Crippen molar-refractivity contribution < 1.29 is 4.74 Å². The number of rotatable bonds is 5. The van der Waals surface area contributed by atoms with E-state index in [1.165, 1.54) is 11.1 Å². The number of hydrogen-bond acceptors (Lipinski definition) is 5. The van der Waals surface area contributed by atoms with Gasteiger partial charge in [0.15, 0.2) is 0 Å². The van der Waals surface area contributed by atoms with Crippen LogP contribution in [0.25, 0.3) is 0 Å². The van der Waals surface area contributed by atoms with Crippen molar-refractivity contribution in [2.45, 2.75) is 39.7 Å². The van der Waals surface area contributed by atoms with Gasteiger partial charge in [0.05, 0.1) is 6.10 Å². The highest BCUT2D eigenvalue weighted by atomic mass is 16.5. The Morgan fingerprint density at radius 2 is 1.96 bits per heavy atom. The minimum Gasteiger partial charge on any atom is -0.376 e. The zero-order valence-electron chi connectivity index (χ0n) is 14.0. The molecule has 0 amide bonds. The van der Waals surface area contributed by atoms with Crippen LogP contribution in [-0.4, -0.2) is 29.2 Å². The van der Waals surface area contributed by atoms with Gasteiger partial charge in [0, 0.05) is 24.9 Å². The molecule has 1 saturated heterocycles. The summed E-state index contributed by atoms with van der Waals surface area (Å²) < 4.78 is 5.64. The summed E-state index contributed by atoms with van der Waals surface area (Å²) >= 11 is 0. The fraction of sp³-hybridized carbons (Fsp3) is 0.444. The van der Waals surface area contributed by atoms with Gasteiger partial charge in [0.25, 0.3) is 0 Å². The van der Waals surface area contributed by atoms with E-state index in [0.717, 1.165) is 49.1 Å². The van der Waals surface area contributed by atoms with E-state index in [4.69, 9.17) is 4.74 Å². The van der Waals surface area contributed by atoms with Gasteiger partial charge in [-0.25, -0.2) is 9.97 Å². The van der Waals surface area contributed by atoms with E-state index in [1.807, 2.05) is 13.0 Å². The van der Waals surface area contributed by atoms with Crippen LogP contribution in [0.4, 0.5) is 17.3 Å². The molecule has 1 unspecified atom stereocenters. The van der Waals surface area contributed by atoms with Gasteiger partial charge in [-0.3, -0.25) is 0 Å². The lowest BCUT2D eigenvalue weighted by Crippen LogP contribution is -2.19. The zero-order chi connectivity index (χ0) is 16.2. The largest absolute Gasteiger partial charge is 0.376 e. The number of hydrogen-bond donors (Lipinski definition) is 2. The van der Waals surface area contributed by atoms with Gasteiger partial charge in [-0.2, -0.15) is 0 Å². The van der Waals surface area contributed by atoms with Crippen LogP contribution < -0.4 is 10.6 Å². The zero-order valence-corrected chi connectivity index (χ0v) is 14.0. The number of anilines is 3. The highest BCUT2D eigenvalue weighted by Gasteiger charge is 2.15. The monoisotopic (exact) mass is 312 g/mol. The van der Waals surface area contributed by atoms with Crippen molar-refractivity contribution >= 4 is 17.3 Å². The molecule has 23 heavy (non-hydrogen) atoms. The molecule has 1 aromatic carbocycles. The van der Waals surface area contributed by atoms with Crippen molar-refractivity contribution in [3.8, 4) is 0 Å². The summed E-state index contributed by atoms with van der Waals surface area (Å²) in [6.07, 6.45) is 2.56. The fourth-order valence-electron chi connectivity index (χ4n) is 2.84. The van der Waals surface area contributed by atoms with Crippen molar-refractivity contribution in [1.82, 2.24) is 9.97 Å². The Labute approximate surface area is 137 Å². The molecule has 2 heterocycles. The summed E-state index contributed by atoms with van der Waals surface area (Å²) in [7, 11) is 0. The Kier molecular flexibility index (Phi) is 4.76. The van der Waals surface area contributed by atoms with Crippen LogP contribution in [0.5, 0.6) is 0 Å². The molecule has 1 aliphatic rings. The summed E-state index contributed by atoms with van der Waals surface area (Å²) in [5.74, 6) is 2.38. The van der Waals surface area contributed by atoms with Crippen molar-refractivity contribution in [3.63, 3.8) is 0 Å². The summed E-state index contributed by atoms with van der Waals surface area (Å²) in [6.45, 7) is 7.76. The number of nitrogens with zero attached hydrogens (tertiary/aromatic N) is 2. The van der Waals surface area contributed by atoms with Crippen molar-refractivity contribution in [3.05, 3.63) is 41.2 Å². The molecule has 122 valence electrons. The standard InChI is InChI=1S/C18H24N4O/c1-12-6-7-16(13(2)9-12)22-18-10-17(20-14(3)21-18)19-11-15-5-4-8-23-15/h6-7,9-10,15H,4-5,8,11H2,1-3H3,(H2,19,20,21,22). The van der Waals surface area contributed by atoms with E-state index in [1.54, 1.807) is 0 Å². The molecular formula is C18H24N4O. The fourth-order valence-corrected chi connectivity index (χ4v) is 2.84. The third-order valence-corrected chi connectivity index (χ3v) is 4.02. The lowest BCUT2D eigenvalue weighted by molar-refractivity contribution is 0.120. The van der Waals surface area contributed by atoms with Crippen LogP contribution in [0.2, 0.25) is 0 Å². The molecular weight excluding hydrogens is 288 g/mol. The minimum atomic E-state index is 0.293. The van der Waals surface area contributed by atoms with Gasteiger partial charge < -0.3 is 15.4 Å². The number of nitrogens with one attached hydrogen (secondary N) is 2. The smallest absolute Gasteiger partial charge is 0.136 e. The first kappa shape index (κ1) is 15.7. The SMILES string of the molecule is Cc1ccc(Nc2cc(NCC3CCCO3)nc(C)n2)c(C)c1. The summed E-state index contributed by atoms with van der Waals surface area (Å²) in [5.41, 5.74) is 3.53. The summed E-state index contributed by atoms with van der Waals surface area (Å²) in [6, 6.07) is 8.29. The molecule has 0 aliphatic carbocycles.